The summed E-state index contributed by atoms with van der Waals surface area (Å²) in [5.41, 5.74) is 10.0. The van der Waals surface area contributed by atoms with E-state index < -0.39 is 0 Å². The number of hydrogen-bond donors (Lipinski definition) is 0. The Hall–Kier alpha value is -2.12. The first-order valence-corrected chi connectivity index (χ1v) is 9.06. The zero-order valence-corrected chi connectivity index (χ0v) is 16.0. The summed E-state index contributed by atoms with van der Waals surface area (Å²) < 4.78 is 6.61. The summed E-state index contributed by atoms with van der Waals surface area (Å²) in [6.07, 6.45) is 0. The molecule has 1 heteroatoms. The molecule has 128 valence electrons. The molecule has 0 bridgehead atoms. The van der Waals surface area contributed by atoms with Crippen LogP contribution < -0.4 is 0 Å². The predicted octanol–water partition coefficient (Wildman–Crippen LogP) is 6.33. The van der Waals surface area contributed by atoms with E-state index in [4.69, 9.17) is 4.74 Å². The first-order valence-electron chi connectivity index (χ1n) is 9.06. The molecule has 1 aliphatic heterocycles. The molecule has 0 saturated carbocycles. The van der Waals surface area contributed by atoms with Gasteiger partial charge in [0.1, 0.15) is 11.2 Å². The van der Waals surface area contributed by atoms with Crippen molar-refractivity contribution in [2.75, 3.05) is 0 Å². The average molecular weight is 330 g/mol. The SMILES string of the molecule is CC1=C(C)C2(C)OC2(c2cccc(C)c2-c2ccccc2)C(C)=C1C. The Balaban J connectivity index is 2.02. The third-order valence-electron chi connectivity index (χ3n) is 6.63. The van der Waals surface area contributed by atoms with Gasteiger partial charge in [-0.05, 0) is 86.1 Å². The molecule has 0 spiro atoms. The van der Waals surface area contributed by atoms with Crippen LogP contribution in [0.15, 0.2) is 70.8 Å². The van der Waals surface area contributed by atoms with E-state index in [0.717, 1.165) is 0 Å². The fourth-order valence-corrected chi connectivity index (χ4v) is 4.70. The van der Waals surface area contributed by atoms with E-state index in [0.29, 0.717) is 0 Å². The highest BCUT2D eigenvalue weighted by Crippen LogP contribution is 2.68. The fraction of sp³-hybridized carbons (Fsp3) is 0.333. The number of epoxide rings is 1. The minimum atomic E-state index is -0.335. The van der Waals surface area contributed by atoms with Crippen LogP contribution in [0.2, 0.25) is 0 Å². The first kappa shape index (κ1) is 16.4. The lowest BCUT2D eigenvalue weighted by atomic mass is 9.69. The molecule has 1 aliphatic carbocycles. The Bertz CT molecular complexity index is 932. The second-order valence-corrected chi connectivity index (χ2v) is 7.68. The van der Waals surface area contributed by atoms with Crippen LogP contribution in [0.3, 0.4) is 0 Å². The van der Waals surface area contributed by atoms with Gasteiger partial charge in [0.05, 0.1) is 0 Å². The lowest BCUT2D eigenvalue weighted by Crippen LogP contribution is -2.29. The molecule has 1 heterocycles. The van der Waals surface area contributed by atoms with E-state index in [2.05, 4.69) is 90.1 Å². The molecule has 1 saturated heterocycles. The maximum absolute atomic E-state index is 6.61. The molecule has 0 amide bonds. The van der Waals surface area contributed by atoms with E-state index >= 15 is 0 Å². The summed E-state index contributed by atoms with van der Waals surface area (Å²) in [6.45, 7) is 13.4. The number of ether oxygens (including phenoxy) is 1. The van der Waals surface area contributed by atoms with Crippen molar-refractivity contribution >= 4 is 0 Å². The zero-order valence-electron chi connectivity index (χ0n) is 16.0. The van der Waals surface area contributed by atoms with E-state index in [1.54, 1.807) is 0 Å². The maximum atomic E-state index is 6.61. The van der Waals surface area contributed by atoms with Gasteiger partial charge in [0.2, 0.25) is 0 Å². The van der Waals surface area contributed by atoms with E-state index in [-0.39, 0.29) is 11.2 Å². The highest BCUT2D eigenvalue weighted by atomic mass is 16.6. The Morgan fingerprint density at radius 1 is 0.720 bits per heavy atom. The minimum absolute atomic E-state index is 0.238. The van der Waals surface area contributed by atoms with Crippen molar-refractivity contribution < 1.29 is 4.74 Å². The molecule has 2 aromatic carbocycles. The van der Waals surface area contributed by atoms with Gasteiger partial charge in [-0.2, -0.15) is 0 Å². The van der Waals surface area contributed by atoms with Gasteiger partial charge in [0.15, 0.2) is 0 Å². The molecule has 2 unspecified atom stereocenters. The van der Waals surface area contributed by atoms with Gasteiger partial charge >= 0.3 is 0 Å². The van der Waals surface area contributed by atoms with Crippen molar-refractivity contribution in [3.05, 3.63) is 82.0 Å². The van der Waals surface area contributed by atoms with Crippen molar-refractivity contribution in [1.29, 1.82) is 0 Å². The normalized spacial score (nSPS) is 28.2. The maximum Gasteiger partial charge on any atom is 0.149 e. The van der Waals surface area contributed by atoms with Crippen molar-refractivity contribution in [2.24, 2.45) is 0 Å². The van der Waals surface area contributed by atoms with Gasteiger partial charge in [-0.3, -0.25) is 0 Å². The molecule has 1 fully saturated rings. The third-order valence-corrected chi connectivity index (χ3v) is 6.63. The second kappa shape index (κ2) is 5.19. The zero-order chi connectivity index (χ0) is 18.0. The molecular formula is C24H26O. The Kier molecular flexibility index (Phi) is 3.39. The van der Waals surface area contributed by atoms with Gasteiger partial charge in [0.25, 0.3) is 0 Å². The first-order chi connectivity index (χ1) is 11.8. The third kappa shape index (κ3) is 1.93. The van der Waals surface area contributed by atoms with Crippen LogP contribution in [0.4, 0.5) is 0 Å². The van der Waals surface area contributed by atoms with Gasteiger partial charge in [-0.1, -0.05) is 48.5 Å². The Morgan fingerprint density at radius 3 is 2.04 bits per heavy atom. The highest BCUT2D eigenvalue weighted by molar-refractivity contribution is 5.76. The molecule has 0 N–H and O–H groups in total. The van der Waals surface area contributed by atoms with Crippen LogP contribution in [-0.2, 0) is 10.3 Å². The number of aryl methyl sites for hydroxylation is 1. The molecule has 1 nitrogen and oxygen atoms in total. The minimum Gasteiger partial charge on any atom is -0.348 e. The van der Waals surface area contributed by atoms with Gasteiger partial charge < -0.3 is 4.74 Å². The van der Waals surface area contributed by atoms with Crippen LogP contribution in [0.25, 0.3) is 11.1 Å². The Morgan fingerprint density at radius 2 is 1.36 bits per heavy atom. The number of fused-ring (bicyclic) bond motifs is 1. The summed E-state index contributed by atoms with van der Waals surface area (Å²) in [5.74, 6) is 0. The molecule has 2 atom stereocenters. The quantitative estimate of drug-likeness (QED) is 0.586. The summed E-state index contributed by atoms with van der Waals surface area (Å²) in [5, 5.41) is 0. The van der Waals surface area contributed by atoms with Crippen LogP contribution in [0, 0.1) is 6.92 Å². The largest absolute Gasteiger partial charge is 0.348 e. The fourth-order valence-electron chi connectivity index (χ4n) is 4.70. The van der Waals surface area contributed by atoms with Crippen molar-refractivity contribution in [2.45, 2.75) is 52.7 Å². The summed E-state index contributed by atoms with van der Waals surface area (Å²) in [6, 6.07) is 17.3. The van der Waals surface area contributed by atoms with Crippen molar-refractivity contribution in [1.82, 2.24) is 0 Å². The average Bonchev–Trinajstić information content (AvgIpc) is 3.27. The van der Waals surface area contributed by atoms with E-state index in [1.807, 2.05) is 0 Å². The second-order valence-electron chi connectivity index (χ2n) is 7.68. The number of rotatable bonds is 2. The molecular weight excluding hydrogens is 304 g/mol. The van der Waals surface area contributed by atoms with Gasteiger partial charge in [-0.15, -0.1) is 0 Å². The lowest BCUT2D eigenvalue weighted by Gasteiger charge is -2.30. The topological polar surface area (TPSA) is 12.5 Å². The highest BCUT2D eigenvalue weighted by Gasteiger charge is 2.72. The number of hydrogen-bond acceptors (Lipinski definition) is 1. The molecule has 0 radical (unpaired) electrons. The molecule has 0 aromatic heterocycles. The lowest BCUT2D eigenvalue weighted by molar-refractivity contribution is 0.304. The predicted molar refractivity (Wildman–Crippen MR) is 105 cm³/mol. The number of benzene rings is 2. The smallest absolute Gasteiger partial charge is 0.149 e. The van der Waals surface area contributed by atoms with Crippen LogP contribution in [0.5, 0.6) is 0 Å². The van der Waals surface area contributed by atoms with E-state index in [9.17, 15) is 0 Å². The monoisotopic (exact) mass is 330 g/mol. The van der Waals surface area contributed by atoms with Crippen LogP contribution >= 0.6 is 0 Å². The number of allylic oxidation sites excluding steroid dienone is 2. The molecule has 25 heavy (non-hydrogen) atoms. The van der Waals surface area contributed by atoms with Crippen LogP contribution in [0.1, 0.15) is 45.7 Å². The van der Waals surface area contributed by atoms with Crippen molar-refractivity contribution in [3.8, 4) is 11.1 Å². The van der Waals surface area contributed by atoms with E-state index in [1.165, 1.54) is 44.5 Å². The van der Waals surface area contributed by atoms with Crippen molar-refractivity contribution in [3.63, 3.8) is 0 Å². The molecule has 4 rings (SSSR count). The summed E-state index contributed by atoms with van der Waals surface area (Å²) >= 11 is 0. The molecule has 2 aliphatic rings. The Labute approximate surface area is 151 Å². The summed E-state index contributed by atoms with van der Waals surface area (Å²) in [7, 11) is 0. The standard InChI is InChI=1S/C24H26O/c1-15-11-10-14-21(22(15)20-12-8-7-9-13-20)24-19(5)17(3)16(2)18(4)23(24,6)25-24/h7-14H,1-6H3. The molecule has 2 aromatic rings. The summed E-state index contributed by atoms with van der Waals surface area (Å²) in [4.78, 5) is 0. The van der Waals surface area contributed by atoms with Gasteiger partial charge in [-0.25, -0.2) is 0 Å². The van der Waals surface area contributed by atoms with Gasteiger partial charge in [0, 0.05) is 0 Å². The van der Waals surface area contributed by atoms with Crippen LogP contribution in [-0.4, -0.2) is 5.60 Å².